The zero-order chi connectivity index (χ0) is 12.3. The second-order valence-corrected chi connectivity index (χ2v) is 4.88. The topological polar surface area (TPSA) is 58.6 Å². The van der Waals surface area contributed by atoms with E-state index in [4.69, 9.17) is 9.84 Å². The predicted molar refractivity (Wildman–Crippen MR) is 67.4 cm³/mol. The number of carboxylic acid groups (broad SMARTS) is 1. The second kappa shape index (κ2) is 5.42. The molecule has 0 aromatic heterocycles. The number of hydrogen-bond donors (Lipinski definition) is 2. The summed E-state index contributed by atoms with van der Waals surface area (Å²) in [4.78, 5) is 10.9. The van der Waals surface area contributed by atoms with Crippen LogP contribution in [0, 0.1) is 0 Å². The van der Waals surface area contributed by atoms with Crippen molar-refractivity contribution < 1.29 is 14.6 Å². The van der Waals surface area contributed by atoms with Crippen LogP contribution in [0.5, 0.6) is 5.75 Å². The number of carbonyl (C=O) groups is 1. The third kappa shape index (κ3) is 2.73. The zero-order valence-corrected chi connectivity index (χ0v) is 10.4. The van der Waals surface area contributed by atoms with Crippen LogP contribution >= 0.6 is 11.8 Å². The number of carboxylic acids is 1. The second-order valence-electron chi connectivity index (χ2n) is 3.74. The summed E-state index contributed by atoms with van der Waals surface area (Å²) in [5.74, 6) is 0.770. The van der Waals surface area contributed by atoms with Crippen LogP contribution in [0.2, 0.25) is 0 Å². The quantitative estimate of drug-likeness (QED) is 0.858. The van der Waals surface area contributed by atoms with E-state index in [0.29, 0.717) is 6.61 Å². The number of rotatable bonds is 4. The highest BCUT2D eigenvalue weighted by Crippen LogP contribution is 2.34. The first-order chi connectivity index (χ1) is 8.22. The lowest BCUT2D eigenvalue weighted by molar-refractivity contribution is -0.137. The van der Waals surface area contributed by atoms with Gasteiger partial charge in [0.05, 0.1) is 6.61 Å². The highest BCUT2D eigenvalue weighted by atomic mass is 32.2. The largest absolute Gasteiger partial charge is 0.494 e. The third-order valence-corrected chi connectivity index (χ3v) is 3.80. The van der Waals surface area contributed by atoms with E-state index in [1.807, 2.05) is 31.2 Å². The van der Waals surface area contributed by atoms with Gasteiger partial charge in [-0.15, -0.1) is 11.8 Å². The van der Waals surface area contributed by atoms with Crippen LogP contribution in [-0.2, 0) is 4.79 Å². The molecular formula is C12H15NO3S. The molecule has 1 aromatic rings. The molecule has 2 atom stereocenters. The third-order valence-electron chi connectivity index (χ3n) is 2.60. The predicted octanol–water partition coefficient (Wildman–Crippen LogP) is 1.87. The Morgan fingerprint density at radius 1 is 1.59 bits per heavy atom. The van der Waals surface area contributed by atoms with Crippen molar-refractivity contribution in [2.24, 2.45) is 0 Å². The van der Waals surface area contributed by atoms with Gasteiger partial charge in [-0.1, -0.05) is 18.2 Å². The summed E-state index contributed by atoms with van der Waals surface area (Å²) in [5.41, 5.74) is 1.03. The summed E-state index contributed by atoms with van der Waals surface area (Å²) in [6.07, 6.45) is 0. The first kappa shape index (κ1) is 12.3. The van der Waals surface area contributed by atoms with E-state index in [0.717, 1.165) is 17.1 Å². The fourth-order valence-electron chi connectivity index (χ4n) is 1.85. The minimum atomic E-state index is -0.814. The van der Waals surface area contributed by atoms with Crippen LogP contribution in [0.1, 0.15) is 18.5 Å². The Kier molecular flexibility index (Phi) is 3.91. The number of thioether (sulfide) groups is 1. The molecular weight excluding hydrogens is 238 g/mol. The van der Waals surface area contributed by atoms with Gasteiger partial charge in [0.25, 0.3) is 0 Å². The lowest BCUT2D eigenvalue weighted by Gasteiger charge is -2.15. The van der Waals surface area contributed by atoms with E-state index in [1.54, 1.807) is 0 Å². The molecule has 1 aromatic carbocycles. The van der Waals surface area contributed by atoms with Gasteiger partial charge < -0.3 is 9.84 Å². The Morgan fingerprint density at radius 3 is 3.00 bits per heavy atom. The van der Waals surface area contributed by atoms with Crippen molar-refractivity contribution in [3.05, 3.63) is 29.8 Å². The summed E-state index contributed by atoms with van der Waals surface area (Å²) in [5, 5.41) is 11.5. The molecule has 2 N–H and O–H groups in total. The smallest absolute Gasteiger partial charge is 0.331 e. The van der Waals surface area contributed by atoms with Crippen molar-refractivity contribution in [1.29, 1.82) is 0 Å². The molecule has 1 heterocycles. The zero-order valence-electron chi connectivity index (χ0n) is 9.55. The summed E-state index contributed by atoms with van der Waals surface area (Å²) in [6, 6.07) is 7.81. The van der Waals surface area contributed by atoms with E-state index in [2.05, 4.69) is 5.32 Å². The van der Waals surface area contributed by atoms with E-state index in [9.17, 15) is 4.79 Å². The Bertz CT molecular complexity index is 410. The van der Waals surface area contributed by atoms with Crippen LogP contribution in [0.4, 0.5) is 0 Å². The average Bonchev–Trinajstić information content (AvgIpc) is 2.79. The Hall–Kier alpha value is -1.20. The lowest BCUT2D eigenvalue weighted by Crippen LogP contribution is -2.30. The number of nitrogens with one attached hydrogen (secondary N) is 1. The maximum atomic E-state index is 10.9. The van der Waals surface area contributed by atoms with Crippen LogP contribution in [-0.4, -0.2) is 28.8 Å². The molecule has 2 rings (SSSR count). The monoisotopic (exact) mass is 253 g/mol. The van der Waals surface area contributed by atoms with Crippen molar-refractivity contribution in [3.8, 4) is 5.75 Å². The minimum absolute atomic E-state index is 0.0452. The number of para-hydroxylation sites is 1. The highest BCUT2D eigenvalue weighted by molar-refractivity contribution is 8.00. The fraction of sp³-hybridized carbons (Fsp3) is 0.417. The summed E-state index contributed by atoms with van der Waals surface area (Å²) in [7, 11) is 0. The maximum Gasteiger partial charge on any atom is 0.331 e. The van der Waals surface area contributed by atoms with Gasteiger partial charge in [-0.2, -0.15) is 0 Å². The molecule has 0 bridgehead atoms. The molecule has 0 radical (unpaired) electrons. The van der Waals surface area contributed by atoms with Gasteiger partial charge in [-0.25, -0.2) is 4.79 Å². The molecule has 4 nitrogen and oxygen atoms in total. The molecule has 5 heteroatoms. The van der Waals surface area contributed by atoms with Gasteiger partial charge in [0, 0.05) is 17.4 Å². The standard InChI is InChI=1S/C12H15NO3S/c1-2-16-10-6-4-3-5-8(10)9-7-17-11(13-9)12(14)15/h3-6,9,11,13H,2,7H2,1H3,(H,14,15)/t9-,11-/m0/s1. The SMILES string of the molecule is CCOc1ccccc1[C@@H]1CS[C@@H](C(=O)O)N1. The lowest BCUT2D eigenvalue weighted by atomic mass is 10.1. The fourth-order valence-corrected chi connectivity index (χ4v) is 2.91. The van der Waals surface area contributed by atoms with E-state index < -0.39 is 11.3 Å². The van der Waals surface area contributed by atoms with Crippen molar-refractivity contribution >= 4 is 17.7 Å². The molecule has 0 saturated carbocycles. The molecule has 92 valence electrons. The van der Waals surface area contributed by atoms with Crippen LogP contribution in [0.25, 0.3) is 0 Å². The molecule has 0 amide bonds. The molecule has 17 heavy (non-hydrogen) atoms. The number of aliphatic carboxylic acids is 1. The van der Waals surface area contributed by atoms with Crippen molar-refractivity contribution in [2.45, 2.75) is 18.3 Å². The summed E-state index contributed by atoms with van der Waals surface area (Å²) < 4.78 is 5.55. The normalized spacial score (nSPS) is 23.6. The minimum Gasteiger partial charge on any atom is -0.494 e. The molecule has 1 aliphatic heterocycles. The van der Waals surface area contributed by atoms with E-state index >= 15 is 0 Å². The summed E-state index contributed by atoms with van der Waals surface area (Å²) >= 11 is 1.41. The molecule has 0 unspecified atom stereocenters. The van der Waals surface area contributed by atoms with Gasteiger partial charge >= 0.3 is 5.97 Å². The van der Waals surface area contributed by atoms with Crippen molar-refractivity contribution in [3.63, 3.8) is 0 Å². The first-order valence-electron chi connectivity index (χ1n) is 5.54. The average molecular weight is 253 g/mol. The molecule has 0 spiro atoms. The number of ether oxygens (including phenoxy) is 1. The summed E-state index contributed by atoms with van der Waals surface area (Å²) in [6.45, 7) is 2.55. The van der Waals surface area contributed by atoms with Crippen LogP contribution in [0.3, 0.4) is 0 Å². The Labute approximate surface area is 104 Å². The van der Waals surface area contributed by atoms with Gasteiger partial charge in [-0.3, -0.25) is 5.32 Å². The number of benzene rings is 1. The van der Waals surface area contributed by atoms with Gasteiger partial charge in [0.15, 0.2) is 5.37 Å². The van der Waals surface area contributed by atoms with Gasteiger partial charge in [-0.05, 0) is 13.0 Å². The van der Waals surface area contributed by atoms with Crippen molar-refractivity contribution in [2.75, 3.05) is 12.4 Å². The Balaban J connectivity index is 2.15. The van der Waals surface area contributed by atoms with Crippen LogP contribution < -0.4 is 10.1 Å². The van der Waals surface area contributed by atoms with Gasteiger partial charge in [0.1, 0.15) is 5.75 Å². The van der Waals surface area contributed by atoms with E-state index in [-0.39, 0.29) is 6.04 Å². The van der Waals surface area contributed by atoms with Crippen LogP contribution in [0.15, 0.2) is 24.3 Å². The molecule has 1 fully saturated rings. The van der Waals surface area contributed by atoms with Crippen molar-refractivity contribution in [1.82, 2.24) is 5.32 Å². The molecule has 1 aliphatic rings. The first-order valence-corrected chi connectivity index (χ1v) is 6.59. The highest BCUT2D eigenvalue weighted by Gasteiger charge is 2.31. The number of hydrogen-bond acceptors (Lipinski definition) is 4. The molecule has 1 saturated heterocycles. The van der Waals surface area contributed by atoms with Gasteiger partial charge in [0.2, 0.25) is 0 Å². The van der Waals surface area contributed by atoms with E-state index in [1.165, 1.54) is 11.8 Å². The Morgan fingerprint density at radius 2 is 2.35 bits per heavy atom. The molecule has 0 aliphatic carbocycles. The maximum absolute atomic E-state index is 10.9.